The van der Waals surface area contributed by atoms with Crippen LogP contribution in [0.5, 0.6) is 0 Å². The highest BCUT2D eigenvalue weighted by Crippen LogP contribution is 2.71. The van der Waals surface area contributed by atoms with Gasteiger partial charge in [0.05, 0.1) is 12.5 Å². The number of ether oxygens (including phenoxy) is 2. The Balaban J connectivity index is 1.71. The topological polar surface area (TPSA) is 52.6 Å². The number of rotatable bonds is 1. The van der Waals surface area contributed by atoms with Gasteiger partial charge in [0.1, 0.15) is 5.60 Å². The van der Waals surface area contributed by atoms with E-state index in [4.69, 9.17) is 9.47 Å². The van der Waals surface area contributed by atoms with Gasteiger partial charge < -0.3 is 9.47 Å². The molecule has 0 aromatic carbocycles. The molecule has 0 N–H and O–H groups in total. The molecule has 3 saturated carbocycles. The smallest absolute Gasteiger partial charge is 0.311 e. The van der Waals surface area contributed by atoms with Gasteiger partial charge in [0.2, 0.25) is 0 Å². The third-order valence-electron chi connectivity index (χ3n) is 9.64. The molecule has 0 aromatic rings. The van der Waals surface area contributed by atoms with Crippen molar-refractivity contribution in [3.63, 3.8) is 0 Å². The molecule has 4 aliphatic rings. The molecular formula is C23H36O4. The Kier molecular flexibility index (Phi) is 4.26. The molecule has 1 heterocycles. The van der Waals surface area contributed by atoms with Crippen molar-refractivity contribution in [2.45, 2.75) is 91.1 Å². The number of fused-ring (bicyclic) bond motifs is 5. The third-order valence-corrected chi connectivity index (χ3v) is 9.64. The third kappa shape index (κ3) is 2.47. The molecular weight excluding hydrogens is 340 g/mol. The van der Waals surface area contributed by atoms with Crippen LogP contribution in [0.2, 0.25) is 0 Å². The van der Waals surface area contributed by atoms with Crippen LogP contribution in [0.4, 0.5) is 0 Å². The van der Waals surface area contributed by atoms with Gasteiger partial charge >= 0.3 is 11.9 Å². The highest BCUT2D eigenvalue weighted by atomic mass is 16.6. The van der Waals surface area contributed by atoms with E-state index in [1.165, 1.54) is 13.5 Å². The molecule has 0 bridgehead atoms. The fourth-order valence-corrected chi connectivity index (χ4v) is 8.55. The second kappa shape index (κ2) is 5.97. The Morgan fingerprint density at radius 2 is 1.59 bits per heavy atom. The summed E-state index contributed by atoms with van der Waals surface area (Å²) in [5, 5.41) is 0. The first kappa shape index (κ1) is 19.3. The van der Waals surface area contributed by atoms with E-state index in [0.29, 0.717) is 24.2 Å². The molecule has 4 heteroatoms. The number of esters is 2. The predicted octanol–water partition coefficient (Wildman–Crippen LogP) is 4.89. The molecule has 0 amide bonds. The minimum absolute atomic E-state index is 0.0192. The van der Waals surface area contributed by atoms with E-state index in [1.54, 1.807) is 0 Å². The van der Waals surface area contributed by atoms with E-state index in [9.17, 15) is 9.59 Å². The van der Waals surface area contributed by atoms with Crippen molar-refractivity contribution < 1.29 is 19.1 Å². The van der Waals surface area contributed by atoms with Crippen LogP contribution in [-0.2, 0) is 19.1 Å². The summed E-state index contributed by atoms with van der Waals surface area (Å²) in [6, 6.07) is 0. The molecule has 4 nitrogen and oxygen atoms in total. The summed E-state index contributed by atoms with van der Waals surface area (Å²) in [7, 11) is 1.54. The lowest BCUT2D eigenvalue weighted by molar-refractivity contribution is -0.238. The zero-order valence-electron chi connectivity index (χ0n) is 17.7. The summed E-state index contributed by atoms with van der Waals surface area (Å²) in [4.78, 5) is 24.8. The van der Waals surface area contributed by atoms with Crippen LogP contribution in [-0.4, -0.2) is 24.6 Å². The highest BCUT2D eigenvalue weighted by Gasteiger charge is 2.67. The largest absolute Gasteiger partial charge is 0.469 e. The van der Waals surface area contributed by atoms with Gasteiger partial charge in [0.15, 0.2) is 0 Å². The van der Waals surface area contributed by atoms with Crippen molar-refractivity contribution in [2.75, 3.05) is 7.11 Å². The normalized spacial score (nSPS) is 52.0. The second-order valence-corrected chi connectivity index (χ2v) is 10.8. The maximum Gasteiger partial charge on any atom is 0.311 e. The summed E-state index contributed by atoms with van der Waals surface area (Å²) < 4.78 is 11.2. The lowest BCUT2D eigenvalue weighted by Gasteiger charge is -2.68. The molecule has 0 aromatic heterocycles. The molecule has 152 valence electrons. The standard InChI is InChI=1S/C23H36O4/c1-20-11-6-12-22(3,19(25)26-5)16(20)9-13-21(2)15(20)10-14-23(4)17(21)7-8-18(24)27-23/h15-17H,6-14H2,1-5H3/t15-,16-,17?,20-,21-,22+,23+/m1/s1. The van der Waals surface area contributed by atoms with Gasteiger partial charge in [-0.1, -0.05) is 20.3 Å². The maximum atomic E-state index is 12.8. The lowest BCUT2D eigenvalue weighted by atomic mass is 9.37. The van der Waals surface area contributed by atoms with E-state index < -0.39 is 0 Å². The molecule has 27 heavy (non-hydrogen) atoms. The Morgan fingerprint density at radius 3 is 2.30 bits per heavy atom. The van der Waals surface area contributed by atoms with E-state index in [2.05, 4.69) is 27.7 Å². The maximum absolute atomic E-state index is 12.8. The summed E-state index contributed by atoms with van der Waals surface area (Å²) in [6.07, 6.45) is 9.03. The Bertz CT molecular complexity index is 659. The minimum atomic E-state index is -0.358. The van der Waals surface area contributed by atoms with Crippen molar-refractivity contribution in [1.82, 2.24) is 0 Å². The Hall–Kier alpha value is -1.06. The van der Waals surface area contributed by atoms with Crippen LogP contribution < -0.4 is 0 Å². The van der Waals surface area contributed by atoms with Crippen molar-refractivity contribution >= 4 is 11.9 Å². The van der Waals surface area contributed by atoms with Crippen LogP contribution in [0.1, 0.15) is 85.5 Å². The number of carbonyl (C=O) groups excluding carboxylic acids is 2. The van der Waals surface area contributed by atoms with Gasteiger partial charge in [-0.15, -0.1) is 0 Å². The van der Waals surface area contributed by atoms with Crippen molar-refractivity contribution in [1.29, 1.82) is 0 Å². The van der Waals surface area contributed by atoms with Gasteiger partial charge in [-0.2, -0.15) is 0 Å². The minimum Gasteiger partial charge on any atom is -0.469 e. The molecule has 1 saturated heterocycles. The summed E-state index contributed by atoms with van der Waals surface area (Å²) >= 11 is 0. The fourth-order valence-electron chi connectivity index (χ4n) is 8.55. The Morgan fingerprint density at radius 1 is 0.926 bits per heavy atom. The van der Waals surface area contributed by atoms with Gasteiger partial charge in [-0.3, -0.25) is 9.59 Å². The van der Waals surface area contributed by atoms with E-state index in [0.717, 1.165) is 44.9 Å². The monoisotopic (exact) mass is 376 g/mol. The van der Waals surface area contributed by atoms with E-state index in [1.807, 2.05) is 0 Å². The number of hydrogen-bond donors (Lipinski definition) is 0. The quantitative estimate of drug-likeness (QED) is 0.611. The number of carbonyl (C=O) groups is 2. The molecule has 4 fully saturated rings. The zero-order valence-corrected chi connectivity index (χ0v) is 17.7. The summed E-state index contributed by atoms with van der Waals surface area (Å²) in [6.45, 7) is 9.24. The summed E-state index contributed by atoms with van der Waals surface area (Å²) in [5.74, 6) is 1.37. The van der Waals surface area contributed by atoms with Gasteiger partial charge in [-0.05, 0) is 81.5 Å². The molecule has 7 atom stereocenters. The molecule has 1 unspecified atom stereocenters. The van der Waals surface area contributed by atoms with Gasteiger partial charge in [0, 0.05) is 12.3 Å². The van der Waals surface area contributed by atoms with Gasteiger partial charge in [-0.25, -0.2) is 0 Å². The van der Waals surface area contributed by atoms with E-state index in [-0.39, 0.29) is 33.8 Å². The van der Waals surface area contributed by atoms with Crippen molar-refractivity contribution in [2.24, 2.45) is 34.0 Å². The first-order chi connectivity index (χ1) is 12.6. The van der Waals surface area contributed by atoms with Crippen LogP contribution in [0.15, 0.2) is 0 Å². The average Bonchev–Trinajstić information content (AvgIpc) is 2.59. The predicted molar refractivity (Wildman–Crippen MR) is 103 cm³/mol. The second-order valence-electron chi connectivity index (χ2n) is 10.8. The first-order valence-electron chi connectivity index (χ1n) is 10.9. The molecule has 3 aliphatic carbocycles. The molecule has 4 rings (SSSR count). The fraction of sp³-hybridized carbons (Fsp3) is 0.913. The highest BCUT2D eigenvalue weighted by molar-refractivity contribution is 5.77. The molecule has 0 spiro atoms. The SMILES string of the molecule is COC(=O)[C@@]1(C)CCC[C@]2(C)[C@H]3CC[C@]4(C)OC(=O)CCC4[C@]3(C)CC[C@H]21. The molecule has 1 aliphatic heterocycles. The zero-order chi connectivity index (χ0) is 19.7. The van der Waals surface area contributed by atoms with Crippen LogP contribution >= 0.6 is 0 Å². The number of methoxy groups -OCH3 is 1. The average molecular weight is 377 g/mol. The van der Waals surface area contributed by atoms with Crippen LogP contribution in [0.25, 0.3) is 0 Å². The first-order valence-corrected chi connectivity index (χ1v) is 10.9. The summed E-state index contributed by atoms with van der Waals surface area (Å²) in [5.41, 5.74) is -0.308. The lowest BCUT2D eigenvalue weighted by Crippen LogP contribution is -2.65. The van der Waals surface area contributed by atoms with Crippen LogP contribution in [0, 0.1) is 34.0 Å². The van der Waals surface area contributed by atoms with E-state index >= 15 is 0 Å². The van der Waals surface area contributed by atoms with Gasteiger partial charge in [0.25, 0.3) is 0 Å². The van der Waals surface area contributed by atoms with Crippen molar-refractivity contribution in [3.8, 4) is 0 Å². The van der Waals surface area contributed by atoms with Crippen molar-refractivity contribution in [3.05, 3.63) is 0 Å². The number of hydrogen-bond acceptors (Lipinski definition) is 4. The van der Waals surface area contributed by atoms with Crippen LogP contribution in [0.3, 0.4) is 0 Å². The Labute approximate surface area is 163 Å². The molecule has 0 radical (unpaired) electrons.